The van der Waals surface area contributed by atoms with Crippen LogP contribution in [0, 0.1) is 6.92 Å². The molecule has 2 nitrogen and oxygen atoms in total. The van der Waals surface area contributed by atoms with E-state index in [1.54, 1.807) is 24.5 Å². The normalized spacial score (nSPS) is 10.4. The third-order valence-corrected chi connectivity index (χ3v) is 3.59. The minimum atomic E-state index is 0.620. The van der Waals surface area contributed by atoms with Crippen molar-refractivity contribution in [3.63, 3.8) is 0 Å². The average Bonchev–Trinajstić information content (AvgIpc) is 2.65. The number of rotatable bonds is 3. The summed E-state index contributed by atoms with van der Waals surface area (Å²) in [5.74, 6) is 0.835. The van der Waals surface area contributed by atoms with Crippen molar-refractivity contribution < 1.29 is 9.21 Å². The summed E-state index contributed by atoms with van der Waals surface area (Å²) >= 11 is 7.38. The minimum absolute atomic E-state index is 0.620. The molecule has 0 aliphatic carbocycles. The number of benzene rings is 1. The molecule has 0 amide bonds. The van der Waals surface area contributed by atoms with Crippen molar-refractivity contribution >= 4 is 29.6 Å². The van der Waals surface area contributed by atoms with Crippen molar-refractivity contribution in [2.45, 2.75) is 16.7 Å². The number of aldehydes is 1. The Bertz CT molecular complexity index is 519. The molecule has 4 heteroatoms. The lowest BCUT2D eigenvalue weighted by molar-refractivity contribution is 0.112. The van der Waals surface area contributed by atoms with E-state index >= 15 is 0 Å². The fourth-order valence-corrected chi connectivity index (χ4v) is 2.50. The SMILES string of the molecule is Cc1occc1Sc1cc(Cl)ccc1C=O. The van der Waals surface area contributed by atoms with E-state index in [1.165, 1.54) is 11.8 Å². The van der Waals surface area contributed by atoms with Crippen LogP contribution in [0.4, 0.5) is 0 Å². The molecule has 0 aliphatic rings. The summed E-state index contributed by atoms with van der Waals surface area (Å²) in [7, 11) is 0. The lowest BCUT2D eigenvalue weighted by atomic mass is 10.2. The van der Waals surface area contributed by atoms with Crippen LogP contribution in [-0.4, -0.2) is 6.29 Å². The van der Waals surface area contributed by atoms with Crippen molar-refractivity contribution in [2.75, 3.05) is 0 Å². The number of furan rings is 1. The molecule has 0 atom stereocenters. The van der Waals surface area contributed by atoms with Gasteiger partial charge in [0.2, 0.25) is 0 Å². The van der Waals surface area contributed by atoms with Crippen molar-refractivity contribution in [2.24, 2.45) is 0 Å². The van der Waals surface area contributed by atoms with Crippen LogP contribution in [0.5, 0.6) is 0 Å². The van der Waals surface area contributed by atoms with E-state index in [0.717, 1.165) is 21.8 Å². The van der Waals surface area contributed by atoms with Gasteiger partial charge in [-0.2, -0.15) is 0 Å². The van der Waals surface area contributed by atoms with Gasteiger partial charge in [-0.1, -0.05) is 23.4 Å². The molecule has 1 aromatic heterocycles. The number of hydrogen-bond acceptors (Lipinski definition) is 3. The fourth-order valence-electron chi connectivity index (χ4n) is 1.29. The first-order chi connectivity index (χ1) is 7.70. The van der Waals surface area contributed by atoms with Gasteiger partial charge in [-0.15, -0.1) is 0 Å². The Hall–Kier alpha value is -1.19. The molecule has 0 bridgehead atoms. The Morgan fingerprint density at radius 1 is 1.31 bits per heavy atom. The van der Waals surface area contributed by atoms with Crippen molar-refractivity contribution in [1.82, 2.24) is 0 Å². The molecule has 0 fully saturated rings. The predicted octanol–water partition coefficient (Wildman–Crippen LogP) is 4.21. The largest absolute Gasteiger partial charge is 0.468 e. The van der Waals surface area contributed by atoms with Gasteiger partial charge < -0.3 is 4.42 Å². The molecule has 1 heterocycles. The lowest BCUT2D eigenvalue weighted by Crippen LogP contribution is -1.84. The molecular weight excluding hydrogens is 244 g/mol. The number of aryl methyl sites for hydroxylation is 1. The summed E-state index contributed by atoms with van der Waals surface area (Å²) in [6.07, 6.45) is 2.46. The van der Waals surface area contributed by atoms with E-state index in [-0.39, 0.29) is 0 Å². The van der Waals surface area contributed by atoms with Crippen LogP contribution >= 0.6 is 23.4 Å². The molecule has 0 unspecified atom stereocenters. The van der Waals surface area contributed by atoms with E-state index in [2.05, 4.69) is 0 Å². The zero-order valence-corrected chi connectivity index (χ0v) is 10.1. The van der Waals surface area contributed by atoms with Crippen LogP contribution in [-0.2, 0) is 0 Å². The number of carbonyl (C=O) groups is 1. The summed E-state index contributed by atoms with van der Waals surface area (Å²) in [4.78, 5) is 12.7. The molecule has 2 aromatic rings. The van der Waals surface area contributed by atoms with E-state index in [9.17, 15) is 4.79 Å². The molecule has 0 radical (unpaired) electrons. The van der Waals surface area contributed by atoms with Crippen LogP contribution in [0.2, 0.25) is 5.02 Å². The number of carbonyl (C=O) groups excluding carboxylic acids is 1. The average molecular weight is 253 g/mol. The van der Waals surface area contributed by atoms with E-state index in [1.807, 2.05) is 13.0 Å². The van der Waals surface area contributed by atoms with Gasteiger partial charge in [-0.3, -0.25) is 4.79 Å². The molecular formula is C12H9ClO2S. The summed E-state index contributed by atoms with van der Waals surface area (Å²) in [5.41, 5.74) is 0.634. The topological polar surface area (TPSA) is 30.2 Å². The van der Waals surface area contributed by atoms with Gasteiger partial charge in [0.15, 0.2) is 6.29 Å². The zero-order chi connectivity index (χ0) is 11.5. The maximum Gasteiger partial charge on any atom is 0.151 e. The number of hydrogen-bond donors (Lipinski definition) is 0. The van der Waals surface area contributed by atoms with Crippen LogP contribution < -0.4 is 0 Å². The first kappa shape index (κ1) is 11.3. The summed E-state index contributed by atoms with van der Waals surface area (Å²) in [5, 5.41) is 0.620. The van der Waals surface area contributed by atoms with Crippen molar-refractivity contribution in [3.05, 3.63) is 46.9 Å². The Morgan fingerprint density at radius 3 is 2.75 bits per heavy atom. The second-order valence-corrected chi connectivity index (χ2v) is 4.76. The van der Waals surface area contributed by atoms with Gasteiger partial charge in [0, 0.05) is 15.5 Å². The van der Waals surface area contributed by atoms with E-state index < -0.39 is 0 Å². The minimum Gasteiger partial charge on any atom is -0.468 e. The van der Waals surface area contributed by atoms with Crippen molar-refractivity contribution in [1.29, 1.82) is 0 Å². The molecule has 0 saturated carbocycles. The second kappa shape index (κ2) is 4.76. The van der Waals surface area contributed by atoms with Crippen LogP contribution in [0.15, 0.2) is 44.7 Å². The molecule has 1 aromatic carbocycles. The van der Waals surface area contributed by atoms with E-state index in [4.69, 9.17) is 16.0 Å². The highest BCUT2D eigenvalue weighted by molar-refractivity contribution is 7.99. The summed E-state index contributed by atoms with van der Waals surface area (Å²) < 4.78 is 5.20. The van der Waals surface area contributed by atoms with E-state index in [0.29, 0.717) is 10.6 Å². The first-order valence-electron chi connectivity index (χ1n) is 4.67. The van der Waals surface area contributed by atoms with Crippen LogP contribution in [0.1, 0.15) is 16.1 Å². The molecule has 0 saturated heterocycles. The lowest BCUT2D eigenvalue weighted by Gasteiger charge is -2.03. The quantitative estimate of drug-likeness (QED) is 0.767. The Kier molecular flexibility index (Phi) is 3.36. The monoisotopic (exact) mass is 252 g/mol. The van der Waals surface area contributed by atoms with Gasteiger partial charge in [-0.05, 0) is 31.2 Å². The zero-order valence-electron chi connectivity index (χ0n) is 8.57. The Morgan fingerprint density at radius 2 is 2.12 bits per heavy atom. The Labute approximate surface area is 103 Å². The maximum absolute atomic E-state index is 10.9. The highest BCUT2D eigenvalue weighted by atomic mass is 35.5. The van der Waals surface area contributed by atoms with Gasteiger partial charge in [0.05, 0.1) is 11.2 Å². The van der Waals surface area contributed by atoms with Gasteiger partial charge >= 0.3 is 0 Å². The first-order valence-corrected chi connectivity index (χ1v) is 5.87. The molecule has 2 rings (SSSR count). The third kappa shape index (κ3) is 2.31. The van der Waals surface area contributed by atoms with Crippen LogP contribution in [0.3, 0.4) is 0 Å². The molecule has 82 valence electrons. The number of halogens is 1. The highest BCUT2D eigenvalue weighted by Gasteiger charge is 2.08. The van der Waals surface area contributed by atoms with Crippen LogP contribution in [0.25, 0.3) is 0 Å². The van der Waals surface area contributed by atoms with Crippen molar-refractivity contribution in [3.8, 4) is 0 Å². The third-order valence-electron chi connectivity index (χ3n) is 2.13. The molecule has 16 heavy (non-hydrogen) atoms. The Balaban J connectivity index is 2.37. The van der Waals surface area contributed by atoms with Gasteiger partial charge in [0.25, 0.3) is 0 Å². The standard InChI is InChI=1S/C12H9ClO2S/c1-8-11(4-5-15-8)16-12-6-10(13)3-2-9(12)7-14/h2-7H,1H3. The summed E-state index contributed by atoms with van der Waals surface area (Å²) in [6, 6.07) is 7.07. The summed E-state index contributed by atoms with van der Waals surface area (Å²) in [6.45, 7) is 1.88. The molecule has 0 N–H and O–H groups in total. The van der Waals surface area contributed by atoms with Gasteiger partial charge in [0.1, 0.15) is 5.76 Å². The fraction of sp³-hybridized carbons (Fsp3) is 0.0833. The van der Waals surface area contributed by atoms with Gasteiger partial charge in [-0.25, -0.2) is 0 Å². The predicted molar refractivity (Wildman–Crippen MR) is 64.4 cm³/mol. The highest BCUT2D eigenvalue weighted by Crippen LogP contribution is 2.34. The molecule has 0 spiro atoms. The maximum atomic E-state index is 10.9. The smallest absolute Gasteiger partial charge is 0.151 e. The molecule has 0 aliphatic heterocycles. The second-order valence-electron chi connectivity index (χ2n) is 3.24.